The van der Waals surface area contributed by atoms with Gasteiger partial charge in [0.2, 0.25) is 0 Å². The molecule has 1 aromatic carbocycles. The van der Waals surface area contributed by atoms with Crippen LogP contribution in [0.15, 0.2) is 36.4 Å². The van der Waals surface area contributed by atoms with Gasteiger partial charge in [-0.2, -0.15) is 0 Å². The van der Waals surface area contributed by atoms with Crippen molar-refractivity contribution in [3.8, 4) is 0 Å². The normalized spacial score (nSPS) is 29.8. The van der Waals surface area contributed by atoms with E-state index >= 15 is 0 Å². The predicted molar refractivity (Wildman–Crippen MR) is 119 cm³/mol. The molecule has 2 aliphatic heterocycles. The molecule has 1 spiro atoms. The number of quaternary nitrogens is 1. The molecule has 5 nitrogen and oxygen atoms in total. The van der Waals surface area contributed by atoms with Gasteiger partial charge in [-0.05, 0) is 54.2 Å². The molecule has 0 bridgehead atoms. The SMILES string of the molecule is CCC(C)(C)C1CCC2(CC1)NC(=O)N(C[NH+]1CC=C(c3ccccc3)CC1)C2=O. The van der Waals surface area contributed by atoms with Gasteiger partial charge < -0.3 is 10.2 Å². The number of imide groups is 1. The van der Waals surface area contributed by atoms with Crippen molar-refractivity contribution in [3.63, 3.8) is 0 Å². The summed E-state index contributed by atoms with van der Waals surface area (Å²) in [5.41, 5.74) is 2.29. The summed E-state index contributed by atoms with van der Waals surface area (Å²) >= 11 is 0. The standard InChI is InChI=1S/C25H35N3O2/c1-4-24(2,3)21-10-14-25(15-11-21)22(29)28(23(30)26-25)18-27-16-12-20(13-17-27)19-8-6-5-7-9-19/h5-9,12,21H,4,10-11,13-18H2,1-3H3,(H,26,30)/p+1. The van der Waals surface area contributed by atoms with Gasteiger partial charge in [0.1, 0.15) is 5.54 Å². The van der Waals surface area contributed by atoms with Crippen molar-refractivity contribution in [2.45, 2.75) is 64.8 Å². The number of hydrogen-bond acceptors (Lipinski definition) is 2. The van der Waals surface area contributed by atoms with Crippen LogP contribution in [0.5, 0.6) is 0 Å². The lowest BCUT2D eigenvalue weighted by Gasteiger charge is -2.42. The average molecular weight is 411 g/mol. The summed E-state index contributed by atoms with van der Waals surface area (Å²) in [6, 6.07) is 10.3. The Hall–Kier alpha value is -2.14. The topological polar surface area (TPSA) is 53.9 Å². The molecule has 0 radical (unpaired) electrons. The van der Waals surface area contributed by atoms with Crippen LogP contribution in [0.25, 0.3) is 5.57 Å². The van der Waals surface area contributed by atoms with E-state index in [-0.39, 0.29) is 11.9 Å². The fourth-order valence-corrected chi connectivity index (χ4v) is 5.40. The molecule has 162 valence electrons. The maximum atomic E-state index is 13.3. The Kier molecular flexibility index (Phi) is 5.75. The van der Waals surface area contributed by atoms with Gasteiger partial charge in [-0.3, -0.25) is 4.79 Å². The predicted octanol–water partition coefficient (Wildman–Crippen LogP) is 3.23. The lowest BCUT2D eigenvalue weighted by Crippen LogP contribution is -3.14. The third-order valence-electron chi connectivity index (χ3n) is 8.01. The van der Waals surface area contributed by atoms with Crippen LogP contribution >= 0.6 is 0 Å². The van der Waals surface area contributed by atoms with E-state index in [0.717, 1.165) is 51.6 Å². The van der Waals surface area contributed by atoms with Gasteiger partial charge in [0, 0.05) is 6.42 Å². The Balaban J connectivity index is 1.37. The lowest BCUT2D eigenvalue weighted by molar-refractivity contribution is -0.902. The van der Waals surface area contributed by atoms with Gasteiger partial charge in [0.05, 0.1) is 13.1 Å². The van der Waals surface area contributed by atoms with Crippen LogP contribution < -0.4 is 10.2 Å². The molecule has 2 N–H and O–H groups in total. The average Bonchev–Trinajstić information content (AvgIpc) is 2.99. The van der Waals surface area contributed by atoms with Crippen molar-refractivity contribution in [2.24, 2.45) is 11.3 Å². The molecular weight excluding hydrogens is 374 g/mol. The number of nitrogens with one attached hydrogen (secondary N) is 2. The number of amides is 3. The third kappa shape index (κ3) is 3.92. The van der Waals surface area contributed by atoms with Crippen molar-refractivity contribution < 1.29 is 14.5 Å². The molecule has 3 amide bonds. The largest absolute Gasteiger partial charge is 0.329 e. The first kappa shape index (κ1) is 21.1. The van der Waals surface area contributed by atoms with Gasteiger partial charge in [-0.25, -0.2) is 9.69 Å². The number of benzene rings is 1. The van der Waals surface area contributed by atoms with E-state index in [0.29, 0.717) is 18.0 Å². The molecule has 4 rings (SSSR count). The number of carbonyl (C=O) groups excluding carboxylic acids is 2. The van der Waals surface area contributed by atoms with Crippen molar-refractivity contribution in [1.29, 1.82) is 0 Å². The van der Waals surface area contributed by atoms with Crippen molar-refractivity contribution in [2.75, 3.05) is 19.8 Å². The number of rotatable bonds is 5. The maximum absolute atomic E-state index is 13.3. The van der Waals surface area contributed by atoms with Crippen molar-refractivity contribution in [1.82, 2.24) is 10.2 Å². The lowest BCUT2D eigenvalue weighted by atomic mass is 9.65. The minimum Gasteiger partial charge on any atom is -0.323 e. The van der Waals surface area contributed by atoms with Crippen LogP contribution in [0.3, 0.4) is 0 Å². The third-order valence-corrected chi connectivity index (χ3v) is 8.01. The van der Waals surface area contributed by atoms with Gasteiger partial charge in [0.25, 0.3) is 5.91 Å². The summed E-state index contributed by atoms with van der Waals surface area (Å²) < 4.78 is 0. The molecule has 0 aromatic heterocycles. The highest BCUT2D eigenvalue weighted by Gasteiger charge is 2.54. The molecular formula is C25H36N3O2+. The van der Waals surface area contributed by atoms with Crippen LogP contribution in [-0.2, 0) is 4.79 Å². The first-order chi connectivity index (χ1) is 14.3. The van der Waals surface area contributed by atoms with Gasteiger partial charge in [0.15, 0.2) is 6.67 Å². The highest BCUT2D eigenvalue weighted by atomic mass is 16.2. The minimum atomic E-state index is -0.655. The molecule has 1 unspecified atom stereocenters. The number of urea groups is 1. The number of carbonyl (C=O) groups is 2. The van der Waals surface area contributed by atoms with Crippen LogP contribution in [0, 0.1) is 11.3 Å². The Labute approximate surface area is 180 Å². The van der Waals surface area contributed by atoms with Crippen LogP contribution in [0.2, 0.25) is 0 Å². The molecule has 3 aliphatic rings. The zero-order valence-electron chi connectivity index (χ0n) is 18.7. The zero-order valence-corrected chi connectivity index (χ0v) is 18.7. The second-order valence-corrected chi connectivity index (χ2v) is 10.1. The molecule has 30 heavy (non-hydrogen) atoms. The van der Waals surface area contributed by atoms with E-state index in [1.807, 2.05) is 6.07 Å². The van der Waals surface area contributed by atoms with E-state index in [9.17, 15) is 9.59 Å². The van der Waals surface area contributed by atoms with E-state index in [1.54, 1.807) is 0 Å². The van der Waals surface area contributed by atoms with E-state index in [2.05, 4.69) is 56.4 Å². The molecule has 1 saturated carbocycles. The fourth-order valence-electron chi connectivity index (χ4n) is 5.40. The smallest absolute Gasteiger partial charge is 0.323 e. The minimum absolute atomic E-state index is 0.00518. The van der Waals surface area contributed by atoms with Gasteiger partial charge in [-0.1, -0.05) is 57.5 Å². The number of hydrogen-bond donors (Lipinski definition) is 2. The zero-order chi connectivity index (χ0) is 21.4. The van der Waals surface area contributed by atoms with E-state index < -0.39 is 5.54 Å². The molecule has 5 heteroatoms. The Morgan fingerprint density at radius 2 is 1.87 bits per heavy atom. The molecule has 1 atom stereocenters. The van der Waals surface area contributed by atoms with E-state index in [1.165, 1.54) is 20.9 Å². The highest BCUT2D eigenvalue weighted by Crippen LogP contribution is 2.45. The maximum Gasteiger partial charge on any atom is 0.329 e. The van der Waals surface area contributed by atoms with E-state index in [4.69, 9.17) is 0 Å². The summed E-state index contributed by atoms with van der Waals surface area (Å²) in [6.45, 7) is 9.16. The van der Waals surface area contributed by atoms with Crippen molar-refractivity contribution in [3.05, 3.63) is 42.0 Å². The highest BCUT2D eigenvalue weighted by molar-refractivity contribution is 6.06. The van der Waals surface area contributed by atoms with Crippen molar-refractivity contribution >= 4 is 17.5 Å². The monoisotopic (exact) mass is 410 g/mol. The van der Waals surface area contributed by atoms with Crippen LogP contribution in [-0.4, -0.2) is 42.1 Å². The summed E-state index contributed by atoms with van der Waals surface area (Å²) in [5.74, 6) is 0.631. The van der Waals surface area contributed by atoms with Gasteiger partial charge >= 0.3 is 6.03 Å². The summed E-state index contributed by atoms with van der Waals surface area (Å²) in [5, 5.41) is 3.09. The second-order valence-electron chi connectivity index (χ2n) is 10.1. The van der Waals surface area contributed by atoms with Gasteiger partial charge in [-0.15, -0.1) is 0 Å². The summed E-state index contributed by atoms with van der Waals surface area (Å²) in [6.07, 6.45) is 7.96. The first-order valence-electron chi connectivity index (χ1n) is 11.6. The molecule has 1 aromatic rings. The van der Waals surface area contributed by atoms with Crippen LogP contribution in [0.4, 0.5) is 4.79 Å². The first-order valence-corrected chi connectivity index (χ1v) is 11.6. The Morgan fingerprint density at radius 1 is 1.17 bits per heavy atom. The summed E-state index contributed by atoms with van der Waals surface area (Å²) in [4.78, 5) is 28.8. The molecule has 2 heterocycles. The fraction of sp³-hybridized carbons (Fsp3) is 0.600. The quantitative estimate of drug-likeness (QED) is 0.733. The Morgan fingerprint density at radius 3 is 2.47 bits per heavy atom. The summed E-state index contributed by atoms with van der Waals surface area (Å²) in [7, 11) is 0. The second kappa shape index (κ2) is 8.18. The number of nitrogens with zero attached hydrogens (tertiary/aromatic N) is 1. The molecule has 2 fully saturated rings. The molecule has 1 aliphatic carbocycles. The van der Waals surface area contributed by atoms with Crippen LogP contribution in [0.1, 0.15) is 64.9 Å². The molecule has 1 saturated heterocycles. The Bertz CT molecular complexity index is 822.